The van der Waals surface area contributed by atoms with Crippen LogP contribution in [0.5, 0.6) is 0 Å². The predicted octanol–water partition coefficient (Wildman–Crippen LogP) is 1.15. The van der Waals surface area contributed by atoms with E-state index in [1.54, 1.807) is 7.05 Å². The van der Waals surface area contributed by atoms with Gasteiger partial charge < -0.3 is 10.5 Å². The summed E-state index contributed by atoms with van der Waals surface area (Å²) in [5.74, 6) is 0.945. The molecular weight excluding hydrogens is 178 g/mol. The highest BCUT2D eigenvalue weighted by atomic mass is 16.5. The van der Waals surface area contributed by atoms with Gasteiger partial charge in [0.1, 0.15) is 12.4 Å². The average molecular weight is 195 g/mol. The minimum Gasteiger partial charge on any atom is -0.473 e. The van der Waals surface area contributed by atoms with Crippen LogP contribution in [0, 0.1) is 0 Å². The van der Waals surface area contributed by atoms with Crippen molar-refractivity contribution in [2.75, 3.05) is 20.2 Å². The lowest BCUT2D eigenvalue weighted by Gasteiger charge is -2.05. The molecular formula is C10H17N3O. The van der Waals surface area contributed by atoms with E-state index in [4.69, 9.17) is 10.5 Å². The zero-order valence-electron chi connectivity index (χ0n) is 8.79. The van der Waals surface area contributed by atoms with Gasteiger partial charge in [-0.05, 0) is 18.6 Å². The average Bonchev–Trinajstić information content (AvgIpc) is 2.18. The Morgan fingerprint density at radius 3 is 2.57 bits per heavy atom. The van der Waals surface area contributed by atoms with Crippen LogP contribution >= 0.6 is 0 Å². The first-order chi connectivity index (χ1) is 6.63. The minimum absolute atomic E-state index is 0.282. The van der Waals surface area contributed by atoms with Crippen molar-refractivity contribution in [3.05, 3.63) is 24.8 Å². The van der Waals surface area contributed by atoms with Gasteiger partial charge in [0.05, 0.1) is 6.54 Å². The summed E-state index contributed by atoms with van der Waals surface area (Å²) in [6, 6.07) is 0. The van der Waals surface area contributed by atoms with Gasteiger partial charge in [0.25, 0.3) is 0 Å². The van der Waals surface area contributed by atoms with Crippen molar-refractivity contribution in [2.24, 2.45) is 15.7 Å². The Morgan fingerprint density at radius 2 is 2.21 bits per heavy atom. The highest BCUT2D eigenvalue weighted by Gasteiger charge is 1.97. The Labute approximate surface area is 84.9 Å². The van der Waals surface area contributed by atoms with E-state index in [0.29, 0.717) is 18.3 Å². The first-order valence-corrected chi connectivity index (χ1v) is 4.28. The van der Waals surface area contributed by atoms with Crippen molar-refractivity contribution in [3.8, 4) is 0 Å². The van der Waals surface area contributed by atoms with Crippen LogP contribution in [-0.4, -0.2) is 31.9 Å². The van der Waals surface area contributed by atoms with Crippen LogP contribution in [0.3, 0.4) is 0 Å². The van der Waals surface area contributed by atoms with Crippen LogP contribution in [0.15, 0.2) is 34.8 Å². The van der Waals surface area contributed by atoms with Crippen molar-refractivity contribution >= 4 is 11.7 Å². The van der Waals surface area contributed by atoms with Crippen LogP contribution in [-0.2, 0) is 4.74 Å². The number of rotatable bonds is 4. The zero-order chi connectivity index (χ0) is 11.0. The number of aliphatic imine (C=N–C) groups is 2. The highest BCUT2D eigenvalue weighted by Crippen LogP contribution is 1.93. The smallest absolute Gasteiger partial charge is 0.214 e. The van der Waals surface area contributed by atoms with Gasteiger partial charge in [-0.15, -0.1) is 0 Å². The molecule has 0 heterocycles. The molecule has 4 heteroatoms. The Bertz CT molecular complexity index is 267. The lowest BCUT2D eigenvalue weighted by Crippen LogP contribution is -2.15. The number of hydrogen-bond donors (Lipinski definition) is 1. The molecule has 0 unspecified atom stereocenters. The van der Waals surface area contributed by atoms with E-state index in [2.05, 4.69) is 23.1 Å². The van der Waals surface area contributed by atoms with Gasteiger partial charge in [-0.25, -0.2) is 0 Å². The molecule has 0 aromatic rings. The molecule has 14 heavy (non-hydrogen) atoms. The Kier molecular flexibility index (Phi) is 6.32. The predicted molar refractivity (Wildman–Crippen MR) is 60.8 cm³/mol. The topological polar surface area (TPSA) is 60.0 Å². The van der Waals surface area contributed by atoms with E-state index in [1.165, 1.54) is 6.08 Å². The minimum atomic E-state index is 0.282. The lowest BCUT2D eigenvalue weighted by molar-refractivity contribution is 0.343. The van der Waals surface area contributed by atoms with E-state index in [-0.39, 0.29) is 6.54 Å². The monoisotopic (exact) mass is 195 g/mol. The maximum Gasteiger partial charge on any atom is 0.214 e. The zero-order valence-corrected chi connectivity index (χ0v) is 8.79. The Balaban J connectivity index is 4.38. The maximum atomic E-state index is 5.40. The quantitative estimate of drug-likeness (QED) is 0.415. The van der Waals surface area contributed by atoms with Crippen molar-refractivity contribution in [3.63, 3.8) is 0 Å². The number of ether oxygens (including phenoxy) is 1. The molecule has 0 atom stereocenters. The molecule has 78 valence electrons. The van der Waals surface area contributed by atoms with Gasteiger partial charge in [-0.1, -0.05) is 13.2 Å². The summed E-state index contributed by atoms with van der Waals surface area (Å²) in [7, 11) is 1.63. The second-order valence-electron chi connectivity index (χ2n) is 2.74. The Hall–Kier alpha value is -1.42. The van der Waals surface area contributed by atoms with E-state index in [1.807, 2.05) is 6.92 Å². The van der Waals surface area contributed by atoms with Crippen LogP contribution in [0.2, 0.25) is 0 Å². The number of nitrogens with zero attached hydrogens (tertiary/aromatic N) is 2. The third-order valence-electron chi connectivity index (χ3n) is 1.32. The van der Waals surface area contributed by atoms with Crippen molar-refractivity contribution in [1.82, 2.24) is 0 Å². The summed E-state index contributed by atoms with van der Waals surface area (Å²) in [4.78, 5) is 7.94. The van der Waals surface area contributed by atoms with Gasteiger partial charge in [0.2, 0.25) is 5.90 Å². The molecule has 0 rings (SSSR count). The van der Waals surface area contributed by atoms with Crippen molar-refractivity contribution < 1.29 is 4.74 Å². The van der Waals surface area contributed by atoms with Gasteiger partial charge >= 0.3 is 0 Å². The molecule has 0 spiro atoms. The summed E-state index contributed by atoms with van der Waals surface area (Å²) in [6.07, 6.45) is 1.52. The molecule has 0 fully saturated rings. The molecule has 0 aliphatic rings. The third-order valence-corrected chi connectivity index (χ3v) is 1.32. The van der Waals surface area contributed by atoms with Crippen LogP contribution in [0.4, 0.5) is 0 Å². The number of nitrogens with two attached hydrogens (primary N) is 1. The number of amidine groups is 1. The fourth-order valence-corrected chi connectivity index (χ4v) is 0.648. The first kappa shape index (κ1) is 12.6. The van der Waals surface area contributed by atoms with Gasteiger partial charge in [-0.2, -0.15) is 4.99 Å². The summed E-state index contributed by atoms with van der Waals surface area (Å²) in [6.45, 7) is 9.87. The standard InChI is InChI=1S/C10H17N3O/c1-5-10(14-7-8(2)3)13-9(6-11)12-4/h5H,1-2,6-7,11H2,3-4H3. The molecule has 0 saturated heterocycles. The molecule has 0 aromatic heterocycles. The van der Waals surface area contributed by atoms with E-state index >= 15 is 0 Å². The molecule has 2 N–H and O–H groups in total. The van der Waals surface area contributed by atoms with Crippen molar-refractivity contribution in [1.29, 1.82) is 0 Å². The van der Waals surface area contributed by atoms with Crippen LogP contribution in [0.25, 0.3) is 0 Å². The summed E-state index contributed by atoms with van der Waals surface area (Å²) < 4.78 is 5.28. The molecule has 0 amide bonds. The number of hydrogen-bond acceptors (Lipinski definition) is 3. The van der Waals surface area contributed by atoms with Gasteiger partial charge in [-0.3, -0.25) is 4.99 Å². The molecule has 0 aromatic carbocycles. The van der Waals surface area contributed by atoms with Crippen molar-refractivity contribution in [2.45, 2.75) is 6.92 Å². The third kappa shape index (κ3) is 5.27. The largest absolute Gasteiger partial charge is 0.473 e. The van der Waals surface area contributed by atoms with Gasteiger partial charge in [0, 0.05) is 7.05 Å². The first-order valence-electron chi connectivity index (χ1n) is 4.28. The summed E-state index contributed by atoms with van der Waals surface area (Å²) >= 11 is 0. The van der Waals surface area contributed by atoms with Crippen LogP contribution < -0.4 is 5.73 Å². The Morgan fingerprint density at radius 1 is 1.57 bits per heavy atom. The molecule has 0 radical (unpaired) electrons. The fourth-order valence-electron chi connectivity index (χ4n) is 0.648. The molecule has 0 saturated carbocycles. The van der Waals surface area contributed by atoms with E-state index in [9.17, 15) is 0 Å². The summed E-state index contributed by atoms with van der Waals surface area (Å²) in [5.41, 5.74) is 6.32. The lowest BCUT2D eigenvalue weighted by atomic mass is 10.4. The van der Waals surface area contributed by atoms with E-state index < -0.39 is 0 Å². The fraction of sp³-hybridized carbons (Fsp3) is 0.400. The normalized spacial score (nSPS) is 12.5. The van der Waals surface area contributed by atoms with Gasteiger partial charge in [0.15, 0.2) is 0 Å². The molecule has 0 bridgehead atoms. The summed E-state index contributed by atoms with van der Waals surface area (Å²) in [5, 5.41) is 0. The highest BCUT2D eigenvalue weighted by molar-refractivity contribution is 5.99. The second kappa shape index (κ2) is 7.03. The molecule has 0 aliphatic carbocycles. The SMILES string of the molecule is C=CC(=NC(CN)=NC)OCC(=C)C. The maximum absolute atomic E-state index is 5.40. The second-order valence-corrected chi connectivity index (χ2v) is 2.74. The van der Waals surface area contributed by atoms with Crippen LogP contribution in [0.1, 0.15) is 6.92 Å². The molecule has 4 nitrogen and oxygen atoms in total. The van der Waals surface area contributed by atoms with E-state index in [0.717, 1.165) is 5.57 Å². The molecule has 0 aliphatic heterocycles.